The lowest BCUT2D eigenvalue weighted by Gasteiger charge is -2.29. The molecule has 0 radical (unpaired) electrons. The summed E-state index contributed by atoms with van der Waals surface area (Å²) >= 11 is 0. The molecule has 1 aromatic heterocycles. The summed E-state index contributed by atoms with van der Waals surface area (Å²) in [6.45, 7) is 1.42. The number of carbonyl (C=O) groups is 2. The fourth-order valence-corrected chi connectivity index (χ4v) is 3.17. The van der Waals surface area contributed by atoms with Gasteiger partial charge in [0.2, 0.25) is 5.91 Å². The number of fused-ring (bicyclic) bond motifs is 1. The van der Waals surface area contributed by atoms with Gasteiger partial charge in [0.25, 0.3) is 5.91 Å². The Morgan fingerprint density at radius 2 is 1.90 bits per heavy atom. The summed E-state index contributed by atoms with van der Waals surface area (Å²) in [4.78, 5) is 29.9. The van der Waals surface area contributed by atoms with Gasteiger partial charge in [-0.1, -0.05) is 36.4 Å². The molecule has 0 spiro atoms. The van der Waals surface area contributed by atoms with E-state index in [1.807, 2.05) is 48.5 Å². The molecular formula is C21H21N5O3. The first-order chi connectivity index (χ1) is 14.2. The minimum Gasteiger partial charge on any atom is -0.482 e. The minimum absolute atomic E-state index is 0.000422. The highest BCUT2D eigenvalue weighted by Gasteiger charge is 2.25. The molecule has 3 aromatic rings. The van der Waals surface area contributed by atoms with Crippen molar-refractivity contribution in [2.75, 3.05) is 18.1 Å². The van der Waals surface area contributed by atoms with E-state index in [0.29, 0.717) is 31.1 Å². The first-order valence-electron chi connectivity index (χ1n) is 9.38. The number of nitrogens with one attached hydrogen (secondary N) is 1. The predicted octanol–water partition coefficient (Wildman–Crippen LogP) is 1.76. The number of rotatable bonds is 7. The normalized spacial score (nSPS) is 13.0. The maximum Gasteiger partial charge on any atom is 0.265 e. The molecule has 4 rings (SSSR count). The zero-order valence-corrected chi connectivity index (χ0v) is 15.8. The average Bonchev–Trinajstić information content (AvgIpc) is 3.25. The number of anilines is 1. The summed E-state index contributed by atoms with van der Waals surface area (Å²) < 4.78 is 7.17. The van der Waals surface area contributed by atoms with E-state index in [2.05, 4.69) is 15.4 Å². The van der Waals surface area contributed by atoms with Crippen LogP contribution in [0.15, 0.2) is 61.2 Å². The summed E-state index contributed by atoms with van der Waals surface area (Å²) in [6, 6.07) is 15.3. The van der Waals surface area contributed by atoms with Crippen molar-refractivity contribution >= 4 is 17.5 Å². The van der Waals surface area contributed by atoms with E-state index in [0.717, 1.165) is 11.1 Å². The molecule has 0 unspecified atom stereocenters. The van der Waals surface area contributed by atoms with Gasteiger partial charge in [-0.3, -0.25) is 9.59 Å². The second kappa shape index (κ2) is 8.55. The molecule has 0 saturated heterocycles. The summed E-state index contributed by atoms with van der Waals surface area (Å²) in [5.74, 6) is 0.423. The van der Waals surface area contributed by atoms with Crippen molar-refractivity contribution in [2.24, 2.45) is 0 Å². The van der Waals surface area contributed by atoms with E-state index in [9.17, 15) is 9.59 Å². The molecule has 29 heavy (non-hydrogen) atoms. The van der Waals surface area contributed by atoms with Crippen LogP contribution in [0, 0.1) is 0 Å². The Morgan fingerprint density at radius 1 is 1.10 bits per heavy atom. The standard InChI is InChI=1S/C21H21N5O3/c27-20(9-10-26-18-3-1-2-4-19(18)29-13-21(26)28)23-11-16-5-7-17(8-6-16)12-25-15-22-14-24-25/h1-8,14-15H,9-13H2,(H,23,27). The zero-order valence-electron chi connectivity index (χ0n) is 15.8. The molecule has 1 aliphatic heterocycles. The SMILES string of the molecule is O=C(CCN1C(=O)COc2ccccc21)NCc1ccc(Cn2cncn2)cc1. The van der Waals surface area contributed by atoms with E-state index in [1.165, 1.54) is 6.33 Å². The molecule has 148 valence electrons. The third-order valence-corrected chi connectivity index (χ3v) is 4.69. The molecule has 2 aromatic carbocycles. The molecule has 1 N–H and O–H groups in total. The van der Waals surface area contributed by atoms with Crippen molar-refractivity contribution in [1.82, 2.24) is 20.1 Å². The van der Waals surface area contributed by atoms with Gasteiger partial charge >= 0.3 is 0 Å². The van der Waals surface area contributed by atoms with Gasteiger partial charge in [0.1, 0.15) is 18.4 Å². The lowest BCUT2D eigenvalue weighted by Crippen LogP contribution is -2.41. The molecule has 0 aliphatic carbocycles. The molecule has 2 heterocycles. The maximum absolute atomic E-state index is 12.3. The Morgan fingerprint density at radius 3 is 2.69 bits per heavy atom. The maximum atomic E-state index is 12.3. The van der Waals surface area contributed by atoms with Crippen LogP contribution in [-0.4, -0.2) is 39.7 Å². The molecule has 0 bridgehead atoms. The highest BCUT2D eigenvalue weighted by molar-refractivity contribution is 5.98. The van der Waals surface area contributed by atoms with Crippen LogP contribution in [0.3, 0.4) is 0 Å². The average molecular weight is 391 g/mol. The second-order valence-electron chi connectivity index (χ2n) is 6.74. The number of benzene rings is 2. The van der Waals surface area contributed by atoms with Crippen molar-refractivity contribution in [3.05, 3.63) is 72.3 Å². The monoisotopic (exact) mass is 391 g/mol. The van der Waals surface area contributed by atoms with E-state index in [1.54, 1.807) is 15.9 Å². The lowest BCUT2D eigenvalue weighted by molar-refractivity contribution is -0.122. The Hall–Kier alpha value is -3.68. The molecule has 8 nitrogen and oxygen atoms in total. The van der Waals surface area contributed by atoms with Crippen molar-refractivity contribution < 1.29 is 14.3 Å². The highest BCUT2D eigenvalue weighted by Crippen LogP contribution is 2.31. The fourth-order valence-electron chi connectivity index (χ4n) is 3.17. The number of hydrogen-bond donors (Lipinski definition) is 1. The third kappa shape index (κ3) is 4.60. The van der Waals surface area contributed by atoms with Gasteiger partial charge in [0, 0.05) is 19.5 Å². The van der Waals surface area contributed by atoms with Crippen molar-refractivity contribution in [2.45, 2.75) is 19.5 Å². The van der Waals surface area contributed by atoms with Gasteiger partial charge in [0.15, 0.2) is 6.61 Å². The van der Waals surface area contributed by atoms with E-state index in [-0.39, 0.29) is 24.8 Å². The molecule has 0 atom stereocenters. The van der Waals surface area contributed by atoms with E-state index >= 15 is 0 Å². The Kier molecular flexibility index (Phi) is 5.51. The summed E-state index contributed by atoms with van der Waals surface area (Å²) in [7, 11) is 0. The van der Waals surface area contributed by atoms with Crippen molar-refractivity contribution in [3.63, 3.8) is 0 Å². The lowest BCUT2D eigenvalue weighted by atomic mass is 10.1. The molecule has 2 amide bonds. The molecular weight excluding hydrogens is 370 g/mol. The Bertz CT molecular complexity index is 986. The fraction of sp³-hybridized carbons (Fsp3) is 0.238. The van der Waals surface area contributed by atoms with Gasteiger partial charge in [-0.05, 0) is 23.3 Å². The van der Waals surface area contributed by atoms with Gasteiger partial charge in [0.05, 0.1) is 12.2 Å². The van der Waals surface area contributed by atoms with Crippen LogP contribution in [0.4, 0.5) is 5.69 Å². The molecule has 8 heteroatoms. The van der Waals surface area contributed by atoms with E-state index < -0.39 is 0 Å². The topological polar surface area (TPSA) is 89.4 Å². The van der Waals surface area contributed by atoms with Crippen LogP contribution < -0.4 is 15.0 Å². The predicted molar refractivity (Wildman–Crippen MR) is 106 cm³/mol. The number of nitrogens with zero attached hydrogens (tertiary/aromatic N) is 4. The van der Waals surface area contributed by atoms with Crippen molar-refractivity contribution in [1.29, 1.82) is 0 Å². The zero-order chi connectivity index (χ0) is 20.1. The number of aromatic nitrogens is 3. The van der Waals surface area contributed by atoms with Crippen LogP contribution in [-0.2, 0) is 22.7 Å². The number of amides is 2. The highest BCUT2D eigenvalue weighted by atomic mass is 16.5. The van der Waals surface area contributed by atoms with Crippen LogP contribution in [0.1, 0.15) is 17.5 Å². The quantitative estimate of drug-likeness (QED) is 0.663. The van der Waals surface area contributed by atoms with Gasteiger partial charge < -0.3 is 15.0 Å². The molecule has 1 aliphatic rings. The number of para-hydroxylation sites is 2. The molecule has 0 fully saturated rings. The van der Waals surface area contributed by atoms with Crippen LogP contribution in [0.25, 0.3) is 0 Å². The smallest absolute Gasteiger partial charge is 0.265 e. The van der Waals surface area contributed by atoms with Crippen LogP contribution in [0.2, 0.25) is 0 Å². The number of ether oxygens (including phenoxy) is 1. The first-order valence-corrected chi connectivity index (χ1v) is 9.38. The van der Waals surface area contributed by atoms with E-state index in [4.69, 9.17) is 4.74 Å². The summed E-state index contributed by atoms with van der Waals surface area (Å²) in [5, 5.41) is 6.99. The van der Waals surface area contributed by atoms with Gasteiger partial charge in [-0.15, -0.1) is 0 Å². The number of hydrogen-bond acceptors (Lipinski definition) is 5. The third-order valence-electron chi connectivity index (χ3n) is 4.69. The van der Waals surface area contributed by atoms with Crippen molar-refractivity contribution in [3.8, 4) is 5.75 Å². The molecule has 0 saturated carbocycles. The second-order valence-corrected chi connectivity index (χ2v) is 6.74. The summed E-state index contributed by atoms with van der Waals surface area (Å²) in [5.41, 5.74) is 2.82. The van der Waals surface area contributed by atoms with Crippen LogP contribution >= 0.6 is 0 Å². The minimum atomic E-state index is -0.139. The summed E-state index contributed by atoms with van der Waals surface area (Å²) in [6.07, 6.45) is 3.41. The largest absolute Gasteiger partial charge is 0.482 e. The number of carbonyl (C=O) groups excluding carboxylic acids is 2. The van der Waals surface area contributed by atoms with Gasteiger partial charge in [-0.2, -0.15) is 5.10 Å². The Balaban J connectivity index is 1.27. The Labute approximate surface area is 168 Å². The first kappa shape index (κ1) is 18.7. The van der Waals surface area contributed by atoms with Crippen LogP contribution in [0.5, 0.6) is 5.75 Å². The van der Waals surface area contributed by atoms with Gasteiger partial charge in [-0.25, -0.2) is 9.67 Å².